The molecule has 0 bridgehead atoms. The van der Waals surface area contributed by atoms with E-state index in [9.17, 15) is 0 Å². The molecule has 32 rings (SSSR count). The summed E-state index contributed by atoms with van der Waals surface area (Å²) in [6.07, 6.45) is 0. The fourth-order valence-corrected chi connectivity index (χ4v) is 29.5. The molecule has 4 spiro atoms. The van der Waals surface area contributed by atoms with E-state index in [1.165, 1.54) is 191 Å². The molecule has 146 heavy (non-hydrogen) atoms. The minimum Gasteiger partial charge on any atom is -0.228 e. The van der Waals surface area contributed by atoms with Gasteiger partial charge in [0.05, 0.1) is 33.0 Å². The monoisotopic (exact) mass is 1890 g/mol. The molecule has 5 nitrogen and oxygen atoms in total. The number of hydrogen-bond acceptors (Lipinski definition) is 7. The van der Waals surface area contributed by atoms with Crippen molar-refractivity contribution in [1.82, 2.24) is 24.9 Å². The zero-order valence-electron chi connectivity index (χ0n) is 79.0. The molecule has 0 N–H and O–H groups in total. The molecule has 0 saturated heterocycles. The van der Waals surface area contributed by atoms with E-state index in [2.05, 4.69) is 497 Å². The Morgan fingerprint density at radius 2 is 0.432 bits per heavy atom. The van der Waals surface area contributed by atoms with Crippen molar-refractivity contribution in [3.8, 4) is 135 Å². The molecule has 0 amide bonds. The van der Waals surface area contributed by atoms with E-state index >= 15 is 0 Å². The largest absolute Gasteiger partial charge is 0.228 e. The third kappa shape index (κ3) is 11.4. The van der Waals surface area contributed by atoms with Gasteiger partial charge in [0.1, 0.15) is 0 Å². The molecule has 4 aromatic heterocycles. The van der Waals surface area contributed by atoms with Crippen molar-refractivity contribution >= 4 is 84.6 Å². The zero-order valence-corrected chi connectivity index (χ0v) is 80.6. The highest BCUT2D eigenvalue weighted by Gasteiger charge is 2.63. The lowest BCUT2D eigenvalue weighted by Gasteiger charge is -2.49. The summed E-state index contributed by atoms with van der Waals surface area (Å²) in [5.74, 6) is 2.64. The zero-order chi connectivity index (χ0) is 95.7. The van der Waals surface area contributed by atoms with E-state index in [1.807, 2.05) is 28.7 Å². The van der Waals surface area contributed by atoms with Crippen LogP contribution in [0.2, 0.25) is 0 Å². The van der Waals surface area contributed by atoms with Crippen LogP contribution < -0.4 is 0 Å². The molecular formula is C139H83N5S2. The molecule has 0 aliphatic heterocycles. The highest BCUT2D eigenvalue weighted by molar-refractivity contribution is 7.26. The number of fused-ring (bicyclic) bond motifs is 42. The number of thiophene rings is 2. The van der Waals surface area contributed by atoms with E-state index in [0.29, 0.717) is 23.3 Å². The molecule has 676 valence electrons. The first-order valence-corrected chi connectivity index (χ1v) is 52.0. The molecular weight excluding hydrogens is 1800 g/mol. The first-order valence-electron chi connectivity index (χ1n) is 50.3. The molecule has 0 unspecified atom stereocenters. The molecule has 22 aromatic carbocycles. The molecule has 7 heteroatoms. The van der Waals surface area contributed by atoms with E-state index < -0.39 is 21.7 Å². The number of benzene rings is 22. The van der Waals surface area contributed by atoms with E-state index in [4.69, 9.17) is 24.9 Å². The van der Waals surface area contributed by atoms with Crippen LogP contribution in [0.15, 0.2) is 504 Å². The number of rotatable bonds is 8. The third-order valence-corrected chi connectivity index (χ3v) is 35.0. The highest BCUT2D eigenvalue weighted by atomic mass is 32.1. The summed E-state index contributed by atoms with van der Waals surface area (Å²) in [5.41, 5.74) is 41.3. The van der Waals surface area contributed by atoms with Crippen molar-refractivity contribution in [1.29, 1.82) is 0 Å². The Balaban J connectivity index is 0.000000133. The first-order chi connectivity index (χ1) is 72.4. The second-order valence-electron chi connectivity index (χ2n) is 39.5. The molecule has 0 atom stereocenters. The SMILES string of the molecule is c1ccc(-c2ccc(-c3cc(-c4ccc(-c5cccc6c5C5(c7ccccc7C7(c8ccccc8-c8ccccc87)c7ccccc75)c5ccc7c(sc8ccccc87)c5-6)cc4)nc(-c4ccccc4)n3)cc2)cc1.c1ccc2c(c1)-c1ccccc1C21c2ccccc2C2(c3ccccc31)c1ccc3c(sc4ccccc43)c1-c1cccc(-c3nc(-c4cccc5ccccc45)nc(-c4cccc5ccccc45)n3)c12. The Kier molecular flexibility index (Phi) is 17.9. The smallest absolute Gasteiger partial charge is 0.164 e. The molecule has 6 aliphatic carbocycles. The van der Waals surface area contributed by atoms with Crippen LogP contribution in [0.1, 0.15) is 89.0 Å². The van der Waals surface area contributed by atoms with Crippen molar-refractivity contribution in [3.05, 3.63) is 593 Å². The Morgan fingerprint density at radius 3 is 0.849 bits per heavy atom. The van der Waals surface area contributed by atoms with Gasteiger partial charge in [0, 0.05) is 84.9 Å². The van der Waals surface area contributed by atoms with Crippen LogP contribution in [0.3, 0.4) is 0 Å². The van der Waals surface area contributed by atoms with Gasteiger partial charge in [-0.3, -0.25) is 0 Å². The topological polar surface area (TPSA) is 64.5 Å². The van der Waals surface area contributed by atoms with Crippen molar-refractivity contribution in [2.45, 2.75) is 21.7 Å². The maximum Gasteiger partial charge on any atom is 0.164 e. The lowest BCUT2D eigenvalue weighted by molar-refractivity contribution is 0.633. The maximum absolute atomic E-state index is 5.67. The summed E-state index contributed by atoms with van der Waals surface area (Å²) in [5, 5.41) is 9.66. The quantitative estimate of drug-likeness (QED) is 0.152. The standard InChI is InChI=1S/C72H44N2S.C67H39N3S/c1-3-18-45(19-4-1)46-34-38-48(39-35-46)64-44-65(74-70(73-64)50-20-5-2-6-21-50)49-40-36-47(37-41-49)51-25-17-26-56-67-63(43-42-55-54-24-9-16-33-66(54)75-69(55)67)72(68(51)56)61-31-14-12-29-59(61)71(60-30-13-15-32-62(60)72)57-27-10-7-22-52(57)53-23-8-11-28-58(53)71;1-3-22-42-40(18-1)20-15-27-48(42)63-68-64(49-28-16-21-41-19-2-4-23-43(41)49)70-65(69-63)51-30-17-29-50-60-58(39-38-47-46-26-7-14-37-59(46)71-62(47)60)67(61(50)51)56-35-12-10-33-54(56)66(55-34-11-13-36-57(55)67)52-31-8-5-24-44(52)45-25-6-9-32-53(45)66/h1-44H;1-39H. The fourth-order valence-electron chi connectivity index (χ4n) is 27.0. The van der Waals surface area contributed by atoms with Gasteiger partial charge >= 0.3 is 0 Å². The van der Waals surface area contributed by atoms with Gasteiger partial charge in [-0.2, -0.15) is 0 Å². The second-order valence-corrected chi connectivity index (χ2v) is 41.6. The minimum absolute atomic E-state index is 0.522. The van der Waals surface area contributed by atoms with E-state index in [0.717, 1.165) is 71.9 Å². The summed E-state index contributed by atoms with van der Waals surface area (Å²) in [6.45, 7) is 0. The average molecular weight is 1890 g/mol. The number of aromatic nitrogens is 5. The van der Waals surface area contributed by atoms with Crippen molar-refractivity contribution in [2.75, 3.05) is 0 Å². The second kappa shape index (κ2) is 31.7. The predicted octanol–water partition coefficient (Wildman–Crippen LogP) is 34.8. The summed E-state index contributed by atoms with van der Waals surface area (Å²) in [4.78, 5) is 27.2. The average Bonchev–Trinajstić information content (AvgIpc) is 1.47. The Bertz CT molecular complexity index is 9750. The van der Waals surface area contributed by atoms with Crippen molar-refractivity contribution in [2.24, 2.45) is 0 Å². The van der Waals surface area contributed by atoms with Crippen LogP contribution >= 0.6 is 22.7 Å². The van der Waals surface area contributed by atoms with E-state index in [-0.39, 0.29) is 0 Å². The predicted molar refractivity (Wildman–Crippen MR) is 602 cm³/mol. The lowest BCUT2D eigenvalue weighted by atomic mass is 9.52. The molecule has 6 aliphatic rings. The Labute approximate surface area is 851 Å². The van der Waals surface area contributed by atoms with Gasteiger partial charge in [0.2, 0.25) is 0 Å². The normalized spacial score (nSPS) is 14.0. The Hall–Kier alpha value is -18.1. The minimum atomic E-state index is -0.775. The third-order valence-electron chi connectivity index (χ3n) is 32.6. The summed E-state index contributed by atoms with van der Waals surface area (Å²) < 4.78 is 5.24. The molecule has 26 aromatic rings. The van der Waals surface area contributed by atoms with Gasteiger partial charge in [-0.15, -0.1) is 22.7 Å². The molecule has 0 fully saturated rings. The van der Waals surface area contributed by atoms with Crippen LogP contribution in [0.25, 0.3) is 197 Å². The fraction of sp³-hybridized carbons (Fsp3) is 0.0288. The van der Waals surface area contributed by atoms with Crippen molar-refractivity contribution in [3.63, 3.8) is 0 Å². The van der Waals surface area contributed by atoms with Crippen LogP contribution in [-0.4, -0.2) is 24.9 Å². The highest BCUT2D eigenvalue weighted by Crippen LogP contribution is 2.73. The maximum atomic E-state index is 5.67. The van der Waals surface area contributed by atoms with Crippen LogP contribution in [-0.2, 0) is 21.7 Å². The summed E-state index contributed by atoms with van der Waals surface area (Å²) >= 11 is 3.83. The summed E-state index contributed by atoms with van der Waals surface area (Å²) in [7, 11) is 0. The van der Waals surface area contributed by atoms with Crippen LogP contribution in [0.5, 0.6) is 0 Å². The lowest BCUT2D eigenvalue weighted by Crippen LogP contribution is -2.44. The Morgan fingerprint density at radius 1 is 0.151 bits per heavy atom. The molecule has 4 heterocycles. The van der Waals surface area contributed by atoms with Gasteiger partial charge < -0.3 is 0 Å². The van der Waals surface area contributed by atoms with Gasteiger partial charge in [-0.05, 0) is 184 Å². The van der Waals surface area contributed by atoms with Crippen LogP contribution in [0.4, 0.5) is 0 Å². The molecule has 0 saturated carbocycles. The summed E-state index contributed by atoms with van der Waals surface area (Å²) in [6, 6.07) is 186. The van der Waals surface area contributed by atoms with E-state index in [1.54, 1.807) is 0 Å². The van der Waals surface area contributed by atoms with Gasteiger partial charge in [0.25, 0.3) is 0 Å². The number of hydrogen-bond donors (Lipinski definition) is 0. The number of nitrogens with zero attached hydrogens (tertiary/aromatic N) is 5. The van der Waals surface area contributed by atoms with Gasteiger partial charge in [-0.1, -0.05) is 485 Å². The van der Waals surface area contributed by atoms with Gasteiger partial charge in [-0.25, -0.2) is 24.9 Å². The van der Waals surface area contributed by atoms with Crippen molar-refractivity contribution < 1.29 is 0 Å². The van der Waals surface area contributed by atoms with Crippen LogP contribution in [0, 0.1) is 0 Å². The molecule has 0 radical (unpaired) electrons. The van der Waals surface area contributed by atoms with Gasteiger partial charge in [0.15, 0.2) is 23.3 Å². The first kappa shape index (κ1) is 82.6.